The van der Waals surface area contributed by atoms with Gasteiger partial charge in [0.25, 0.3) is 0 Å². The highest BCUT2D eigenvalue weighted by atomic mass is 16.1. The van der Waals surface area contributed by atoms with E-state index in [0.717, 1.165) is 31.7 Å². The summed E-state index contributed by atoms with van der Waals surface area (Å²) >= 11 is 0. The van der Waals surface area contributed by atoms with Crippen molar-refractivity contribution in [2.45, 2.75) is 13.5 Å². The van der Waals surface area contributed by atoms with Crippen molar-refractivity contribution < 1.29 is 4.79 Å². The lowest BCUT2D eigenvalue weighted by Gasteiger charge is -2.14. The number of amides is 1. The molecule has 0 spiro atoms. The molecule has 0 aliphatic rings. The average Bonchev–Trinajstić information content (AvgIpc) is 2.34. The van der Waals surface area contributed by atoms with Gasteiger partial charge in [0.2, 0.25) is 5.91 Å². The van der Waals surface area contributed by atoms with E-state index in [4.69, 9.17) is 5.73 Å². The van der Waals surface area contributed by atoms with Gasteiger partial charge in [-0.15, -0.1) is 0 Å². The van der Waals surface area contributed by atoms with Crippen molar-refractivity contribution in [3.63, 3.8) is 0 Å². The van der Waals surface area contributed by atoms with Crippen LogP contribution in [-0.2, 0) is 6.54 Å². The summed E-state index contributed by atoms with van der Waals surface area (Å²) in [5.74, 6) is -0.380. The van der Waals surface area contributed by atoms with Crippen LogP contribution in [-0.4, -0.2) is 37.5 Å². The molecule has 3 N–H and O–H groups in total. The van der Waals surface area contributed by atoms with Crippen LogP contribution in [0.4, 0.5) is 0 Å². The second-order valence-corrected chi connectivity index (χ2v) is 4.13. The van der Waals surface area contributed by atoms with Gasteiger partial charge >= 0.3 is 0 Å². The molecule has 1 aromatic rings. The van der Waals surface area contributed by atoms with Crippen LogP contribution in [0.3, 0.4) is 0 Å². The smallest absolute Gasteiger partial charge is 0.248 e. The van der Waals surface area contributed by atoms with Crippen LogP contribution in [0.25, 0.3) is 0 Å². The monoisotopic (exact) mass is 235 g/mol. The van der Waals surface area contributed by atoms with E-state index in [9.17, 15) is 4.79 Å². The summed E-state index contributed by atoms with van der Waals surface area (Å²) in [4.78, 5) is 13.1. The molecule has 1 rings (SSSR count). The molecule has 0 heterocycles. The highest BCUT2D eigenvalue weighted by Crippen LogP contribution is 2.03. The summed E-state index contributed by atoms with van der Waals surface area (Å²) in [6.45, 7) is 6.02. The zero-order valence-electron chi connectivity index (χ0n) is 10.6. The summed E-state index contributed by atoms with van der Waals surface area (Å²) in [6, 6.07) is 7.38. The van der Waals surface area contributed by atoms with Crippen molar-refractivity contribution in [2.24, 2.45) is 5.73 Å². The van der Waals surface area contributed by atoms with Gasteiger partial charge in [-0.3, -0.25) is 4.79 Å². The van der Waals surface area contributed by atoms with Gasteiger partial charge in [-0.05, 0) is 31.3 Å². The summed E-state index contributed by atoms with van der Waals surface area (Å²) in [7, 11) is 2.10. The molecule has 0 fully saturated rings. The van der Waals surface area contributed by atoms with E-state index in [1.165, 1.54) is 0 Å². The summed E-state index contributed by atoms with van der Waals surface area (Å²) < 4.78 is 0. The summed E-state index contributed by atoms with van der Waals surface area (Å²) in [6.07, 6.45) is 0. The van der Waals surface area contributed by atoms with Crippen LogP contribution in [0.5, 0.6) is 0 Å². The lowest BCUT2D eigenvalue weighted by Crippen LogP contribution is -2.28. The summed E-state index contributed by atoms with van der Waals surface area (Å²) in [5.41, 5.74) is 6.89. The van der Waals surface area contributed by atoms with Crippen molar-refractivity contribution >= 4 is 5.91 Å². The molecular weight excluding hydrogens is 214 g/mol. The van der Waals surface area contributed by atoms with Gasteiger partial charge in [-0.1, -0.05) is 19.1 Å². The fraction of sp³-hybridized carbons (Fsp3) is 0.462. The van der Waals surface area contributed by atoms with Crippen molar-refractivity contribution in [3.8, 4) is 0 Å². The molecule has 1 aromatic carbocycles. The predicted molar refractivity (Wildman–Crippen MR) is 69.8 cm³/mol. The number of carbonyl (C=O) groups excluding carboxylic acids is 1. The Kier molecular flexibility index (Phi) is 5.66. The van der Waals surface area contributed by atoms with Crippen LogP contribution >= 0.6 is 0 Å². The average molecular weight is 235 g/mol. The first-order valence-electron chi connectivity index (χ1n) is 5.91. The number of rotatable bonds is 7. The Morgan fingerprint density at radius 1 is 1.35 bits per heavy atom. The highest BCUT2D eigenvalue weighted by molar-refractivity contribution is 5.92. The SMILES string of the molecule is CCN(C)CCNCc1ccc(C(N)=O)cc1. The number of benzene rings is 1. The van der Waals surface area contributed by atoms with Gasteiger partial charge in [0.1, 0.15) is 0 Å². The van der Waals surface area contributed by atoms with E-state index < -0.39 is 0 Å². The van der Waals surface area contributed by atoms with E-state index in [1.807, 2.05) is 12.1 Å². The number of carbonyl (C=O) groups is 1. The molecule has 94 valence electrons. The van der Waals surface area contributed by atoms with E-state index in [1.54, 1.807) is 12.1 Å². The lowest BCUT2D eigenvalue weighted by molar-refractivity contribution is 0.100. The van der Waals surface area contributed by atoms with E-state index in [2.05, 4.69) is 24.2 Å². The van der Waals surface area contributed by atoms with Crippen molar-refractivity contribution in [2.75, 3.05) is 26.7 Å². The predicted octanol–water partition coefficient (Wildman–Crippen LogP) is 0.827. The van der Waals surface area contributed by atoms with Crippen LogP contribution in [0, 0.1) is 0 Å². The van der Waals surface area contributed by atoms with Gasteiger partial charge < -0.3 is 16.0 Å². The van der Waals surface area contributed by atoms with E-state index in [-0.39, 0.29) is 5.91 Å². The molecule has 0 bridgehead atoms. The number of likely N-dealkylation sites (N-methyl/N-ethyl adjacent to an activating group) is 1. The van der Waals surface area contributed by atoms with E-state index in [0.29, 0.717) is 5.56 Å². The Hall–Kier alpha value is -1.39. The number of nitrogens with zero attached hydrogens (tertiary/aromatic N) is 1. The third-order valence-corrected chi connectivity index (χ3v) is 2.78. The first kappa shape index (κ1) is 13.7. The quantitative estimate of drug-likeness (QED) is 0.688. The second kappa shape index (κ2) is 7.04. The first-order chi connectivity index (χ1) is 8.13. The Balaban J connectivity index is 2.30. The molecule has 4 nitrogen and oxygen atoms in total. The molecule has 0 saturated carbocycles. The molecule has 0 atom stereocenters. The molecule has 0 aliphatic heterocycles. The minimum atomic E-state index is -0.380. The topological polar surface area (TPSA) is 58.4 Å². The number of primary amides is 1. The van der Waals surface area contributed by atoms with Crippen LogP contribution in [0.1, 0.15) is 22.8 Å². The molecule has 17 heavy (non-hydrogen) atoms. The van der Waals surface area contributed by atoms with Gasteiger partial charge in [-0.25, -0.2) is 0 Å². The molecule has 1 amide bonds. The molecule has 0 saturated heterocycles. The standard InChI is InChI=1S/C13H21N3O/c1-3-16(2)9-8-15-10-11-4-6-12(7-5-11)13(14)17/h4-7,15H,3,8-10H2,1-2H3,(H2,14,17). The molecule has 4 heteroatoms. The zero-order chi connectivity index (χ0) is 12.7. The van der Waals surface area contributed by atoms with Crippen molar-refractivity contribution in [1.82, 2.24) is 10.2 Å². The van der Waals surface area contributed by atoms with Gasteiger partial charge in [0.05, 0.1) is 0 Å². The fourth-order valence-corrected chi connectivity index (χ4v) is 1.45. The van der Waals surface area contributed by atoms with Gasteiger partial charge in [0, 0.05) is 25.2 Å². The maximum atomic E-state index is 10.9. The Morgan fingerprint density at radius 3 is 2.53 bits per heavy atom. The maximum Gasteiger partial charge on any atom is 0.248 e. The first-order valence-corrected chi connectivity index (χ1v) is 5.91. The normalized spacial score (nSPS) is 10.8. The van der Waals surface area contributed by atoms with Crippen LogP contribution in [0.2, 0.25) is 0 Å². The third-order valence-electron chi connectivity index (χ3n) is 2.78. The van der Waals surface area contributed by atoms with Gasteiger partial charge in [-0.2, -0.15) is 0 Å². The van der Waals surface area contributed by atoms with Gasteiger partial charge in [0.15, 0.2) is 0 Å². The van der Waals surface area contributed by atoms with Crippen LogP contribution in [0.15, 0.2) is 24.3 Å². The molecule has 0 radical (unpaired) electrons. The zero-order valence-corrected chi connectivity index (χ0v) is 10.6. The van der Waals surface area contributed by atoms with Crippen molar-refractivity contribution in [1.29, 1.82) is 0 Å². The Labute approximate surface area is 103 Å². The molecule has 0 aromatic heterocycles. The largest absolute Gasteiger partial charge is 0.366 e. The minimum Gasteiger partial charge on any atom is -0.366 e. The second-order valence-electron chi connectivity index (χ2n) is 4.13. The number of nitrogens with one attached hydrogen (secondary N) is 1. The van der Waals surface area contributed by atoms with Crippen LogP contribution < -0.4 is 11.1 Å². The molecule has 0 unspecified atom stereocenters. The lowest BCUT2D eigenvalue weighted by atomic mass is 10.1. The highest BCUT2D eigenvalue weighted by Gasteiger charge is 1.99. The Morgan fingerprint density at radius 2 is 2.00 bits per heavy atom. The maximum absolute atomic E-state index is 10.9. The fourth-order valence-electron chi connectivity index (χ4n) is 1.45. The van der Waals surface area contributed by atoms with E-state index >= 15 is 0 Å². The number of hydrogen-bond donors (Lipinski definition) is 2. The number of nitrogens with two attached hydrogens (primary N) is 1. The Bertz CT molecular complexity index is 348. The van der Waals surface area contributed by atoms with Crippen molar-refractivity contribution in [3.05, 3.63) is 35.4 Å². The molecular formula is C13H21N3O. The molecule has 0 aliphatic carbocycles. The third kappa shape index (κ3) is 4.97. The number of hydrogen-bond acceptors (Lipinski definition) is 3. The summed E-state index contributed by atoms with van der Waals surface area (Å²) in [5, 5.41) is 3.36. The minimum absolute atomic E-state index is 0.380.